The van der Waals surface area contributed by atoms with E-state index in [0.717, 1.165) is 18.3 Å². The Morgan fingerprint density at radius 2 is 2.23 bits per heavy atom. The lowest BCUT2D eigenvalue weighted by atomic mass is 9.87. The summed E-state index contributed by atoms with van der Waals surface area (Å²) in [4.78, 5) is 6.05. The molecule has 1 aromatic heterocycles. The Kier molecular flexibility index (Phi) is 6.61. The smallest absolute Gasteiger partial charge is 0.191 e. The Hall–Kier alpha value is -1.08. The van der Waals surface area contributed by atoms with Gasteiger partial charge in [-0.05, 0) is 49.5 Å². The van der Waals surface area contributed by atoms with Crippen molar-refractivity contribution in [3.63, 3.8) is 0 Å². The highest BCUT2D eigenvalue weighted by Gasteiger charge is 2.28. The maximum absolute atomic E-state index is 11.7. The fourth-order valence-electron chi connectivity index (χ4n) is 3.94. The van der Waals surface area contributed by atoms with Gasteiger partial charge in [-0.15, -0.1) is 11.3 Å². The number of hydrogen-bond acceptors (Lipinski definition) is 4. The summed E-state index contributed by atoms with van der Waals surface area (Å²) in [5.41, 5.74) is 0. The molecule has 4 unspecified atom stereocenters. The second kappa shape index (κ2) is 8.74. The number of aliphatic imine (C=N–C) groups is 1. The Morgan fingerprint density at radius 1 is 1.38 bits per heavy atom. The van der Waals surface area contributed by atoms with Crippen LogP contribution in [0.2, 0.25) is 0 Å². The van der Waals surface area contributed by atoms with E-state index < -0.39 is 9.84 Å². The molecule has 26 heavy (non-hydrogen) atoms. The van der Waals surface area contributed by atoms with Crippen LogP contribution in [0, 0.1) is 11.8 Å². The first-order valence-corrected chi connectivity index (χ1v) is 12.4. The number of guanidine groups is 1. The minimum Gasteiger partial charge on any atom is -0.354 e. The predicted molar refractivity (Wildman–Crippen MR) is 109 cm³/mol. The molecule has 5 nitrogen and oxygen atoms in total. The molecule has 1 aliphatic carbocycles. The van der Waals surface area contributed by atoms with E-state index in [-0.39, 0.29) is 17.7 Å². The minimum atomic E-state index is -2.84. The quantitative estimate of drug-likeness (QED) is 0.590. The number of hydrogen-bond donors (Lipinski definition) is 2. The van der Waals surface area contributed by atoms with E-state index in [1.54, 1.807) is 11.3 Å². The number of nitrogens with one attached hydrogen (secondary N) is 2. The average Bonchev–Trinajstić information content (AvgIpc) is 3.22. The third kappa shape index (κ3) is 5.71. The lowest BCUT2D eigenvalue weighted by molar-refractivity contribution is 0.323. The zero-order valence-corrected chi connectivity index (χ0v) is 17.4. The maximum atomic E-state index is 11.7. The second-order valence-corrected chi connectivity index (χ2v) is 11.2. The van der Waals surface area contributed by atoms with Gasteiger partial charge in [-0.1, -0.05) is 25.8 Å². The van der Waals surface area contributed by atoms with Crippen molar-refractivity contribution in [3.8, 4) is 0 Å². The van der Waals surface area contributed by atoms with Gasteiger partial charge < -0.3 is 10.6 Å². The van der Waals surface area contributed by atoms with Gasteiger partial charge in [-0.3, -0.25) is 4.99 Å². The molecule has 0 bridgehead atoms. The maximum Gasteiger partial charge on any atom is 0.191 e. The molecule has 4 atom stereocenters. The molecule has 0 amide bonds. The van der Waals surface area contributed by atoms with E-state index in [2.05, 4.69) is 42.0 Å². The van der Waals surface area contributed by atoms with Crippen LogP contribution >= 0.6 is 11.3 Å². The summed E-state index contributed by atoms with van der Waals surface area (Å²) >= 11 is 1.74. The summed E-state index contributed by atoms with van der Waals surface area (Å²) in [5, 5.41) is 9.23. The van der Waals surface area contributed by atoms with Crippen molar-refractivity contribution in [2.45, 2.75) is 58.0 Å². The molecule has 2 aliphatic rings. The van der Waals surface area contributed by atoms with Crippen molar-refractivity contribution in [1.82, 2.24) is 10.6 Å². The summed E-state index contributed by atoms with van der Waals surface area (Å²) < 4.78 is 23.4. The highest BCUT2D eigenvalue weighted by molar-refractivity contribution is 7.91. The van der Waals surface area contributed by atoms with Gasteiger partial charge in [0.25, 0.3) is 0 Å². The van der Waals surface area contributed by atoms with Crippen LogP contribution < -0.4 is 10.6 Å². The van der Waals surface area contributed by atoms with Crippen LogP contribution in [0.15, 0.2) is 22.5 Å². The zero-order valence-electron chi connectivity index (χ0n) is 15.8. The van der Waals surface area contributed by atoms with Gasteiger partial charge in [-0.2, -0.15) is 0 Å². The molecule has 146 valence electrons. The number of sulfone groups is 1. The molecule has 1 saturated carbocycles. The minimum absolute atomic E-state index is 0.154. The van der Waals surface area contributed by atoms with Gasteiger partial charge in [0.1, 0.15) is 0 Å². The first-order valence-electron chi connectivity index (χ1n) is 9.72. The molecule has 0 aromatic carbocycles. The van der Waals surface area contributed by atoms with Gasteiger partial charge in [-0.25, -0.2) is 8.42 Å². The Morgan fingerprint density at radius 3 is 2.88 bits per heavy atom. The largest absolute Gasteiger partial charge is 0.354 e. The molecule has 7 heteroatoms. The molecule has 0 radical (unpaired) electrons. The third-order valence-electron chi connectivity index (χ3n) is 5.43. The van der Waals surface area contributed by atoms with Crippen LogP contribution in [0.25, 0.3) is 0 Å². The fourth-order valence-corrected chi connectivity index (χ4v) is 6.53. The van der Waals surface area contributed by atoms with E-state index in [0.29, 0.717) is 18.3 Å². The Labute approximate surface area is 161 Å². The van der Waals surface area contributed by atoms with Gasteiger partial charge in [0.15, 0.2) is 15.8 Å². The summed E-state index contributed by atoms with van der Waals surface area (Å²) in [6.07, 6.45) is 5.65. The lowest BCUT2D eigenvalue weighted by Crippen LogP contribution is -2.46. The van der Waals surface area contributed by atoms with Crippen molar-refractivity contribution < 1.29 is 8.42 Å². The molecule has 1 saturated heterocycles. The normalized spacial score (nSPS) is 30.1. The molecule has 2 heterocycles. The van der Waals surface area contributed by atoms with Crippen molar-refractivity contribution in [2.24, 2.45) is 16.8 Å². The molecule has 3 rings (SSSR count). The SMILES string of the molecule is CC1CCCC(NC(=NCC2CCS(=O)(=O)C2)NC(C)c2cccs2)C1. The summed E-state index contributed by atoms with van der Waals surface area (Å²) in [6.45, 7) is 5.04. The zero-order chi connectivity index (χ0) is 18.6. The van der Waals surface area contributed by atoms with E-state index in [9.17, 15) is 8.42 Å². The van der Waals surface area contributed by atoms with Gasteiger partial charge in [0.2, 0.25) is 0 Å². The van der Waals surface area contributed by atoms with E-state index in [1.165, 1.54) is 30.6 Å². The summed E-state index contributed by atoms with van der Waals surface area (Å²) in [6, 6.07) is 4.84. The van der Waals surface area contributed by atoms with E-state index >= 15 is 0 Å². The Balaban J connectivity index is 1.64. The molecule has 2 N–H and O–H groups in total. The lowest BCUT2D eigenvalue weighted by Gasteiger charge is -2.30. The molecule has 0 spiro atoms. The molecular formula is C19H31N3O2S2. The molecule has 1 aliphatic heterocycles. The standard InChI is InChI=1S/C19H31N3O2S2/c1-14-5-3-6-17(11-14)22-19(21-15(2)18-7-4-9-25-18)20-12-16-8-10-26(23,24)13-16/h4,7,9,14-17H,3,5-6,8,10-13H2,1-2H3,(H2,20,21,22). The van der Waals surface area contributed by atoms with Crippen LogP contribution in [0.4, 0.5) is 0 Å². The highest BCUT2D eigenvalue weighted by Crippen LogP contribution is 2.24. The Bertz CT molecular complexity index is 700. The van der Waals surface area contributed by atoms with Gasteiger partial charge in [0.05, 0.1) is 17.5 Å². The molecule has 1 aromatic rings. The molecule has 2 fully saturated rings. The average molecular weight is 398 g/mol. The number of rotatable bonds is 5. The first kappa shape index (κ1) is 19.7. The third-order valence-corrected chi connectivity index (χ3v) is 8.33. The summed E-state index contributed by atoms with van der Waals surface area (Å²) in [7, 11) is -2.84. The summed E-state index contributed by atoms with van der Waals surface area (Å²) in [5.74, 6) is 2.33. The van der Waals surface area contributed by atoms with Crippen molar-refractivity contribution >= 4 is 27.1 Å². The van der Waals surface area contributed by atoms with Crippen molar-refractivity contribution in [1.29, 1.82) is 0 Å². The van der Waals surface area contributed by atoms with Gasteiger partial charge >= 0.3 is 0 Å². The van der Waals surface area contributed by atoms with Crippen LogP contribution in [-0.2, 0) is 9.84 Å². The number of nitrogens with zero attached hydrogens (tertiary/aromatic N) is 1. The first-order chi connectivity index (χ1) is 12.4. The predicted octanol–water partition coefficient (Wildman–Crippen LogP) is 3.36. The van der Waals surface area contributed by atoms with Crippen molar-refractivity contribution in [2.75, 3.05) is 18.1 Å². The molecular weight excluding hydrogens is 366 g/mol. The van der Waals surface area contributed by atoms with E-state index in [4.69, 9.17) is 4.99 Å². The van der Waals surface area contributed by atoms with Gasteiger partial charge in [0, 0.05) is 17.5 Å². The fraction of sp³-hybridized carbons (Fsp3) is 0.737. The van der Waals surface area contributed by atoms with Crippen LogP contribution in [0.5, 0.6) is 0 Å². The topological polar surface area (TPSA) is 70.6 Å². The van der Waals surface area contributed by atoms with Crippen LogP contribution in [0.1, 0.15) is 56.9 Å². The second-order valence-electron chi connectivity index (χ2n) is 7.95. The van der Waals surface area contributed by atoms with Crippen LogP contribution in [-0.4, -0.2) is 38.5 Å². The highest BCUT2D eigenvalue weighted by atomic mass is 32.2. The number of thiophene rings is 1. The monoisotopic (exact) mass is 397 g/mol. The van der Waals surface area contributed by atoms with Crippen molar-refractivity contribution in [3.05, 3.63) is 22.4 Å². The van der Waals surface area contributed by atoms with Crippen LogP contribution in [0.3, 0.4) is 0 Å². The van der Waals surface area contributed by atoms with E-state index in [1.807, 2.05) is 0 Å².